The number of hydrogen-bond donors (Lipinski definition) is 2. The molecular weight excluding hydrogens is 392 g/mol. The van der Waals surface area contributed by atoms with Gasteiger partial charge in [0, 0.05) is 35.9 Å². The summed E-state index contributed by atoms with van der Waals surface area (Å²) < 4.78 is 10.4. The van der Waals surface area contributed by atoms with E-state index in [4.69, 9.17) is 9.47 Å². The second-order valence-electron chi connectivity index (χ2n) is 6.01. The van der Waals surface area contributed by atoms with E-state index in [1.165, 1.54) is 25.6 Å². The van der Waals surface area contributed by atoms with Gasteiger partial charge in [-0.3, -0.25) is 19.9 Å². The molecular formula is C20H20N4O4S. The number of amides is 2. The minimum atomic E-state index is -0.342. The molecule has 0 aliphatic carbocycles. The van der Waals surface area contributed by atoms with Crippen molar-refractivity contribution in [2.24, 2.45) is 0 Å². The first kappa shape index (κ1) is 20.3. The van der Waals surface area contributed by atoms with Crippen molar-refractivity contribution in [1.29, 1.82) is 0 Å². The second-order valence-corrected chi connectivity index (χ2v) is 6.87. The summed E-state index contributed by atoms with van der Waals surface area (Å²) in [7, 11) is 3.03. The number of ether oxygens (including phenoxy) is 2. The molecule has 29 heavy (non-hydrogen) atoms. The molecule has 0 spiro atoms. The van der Waals surface area contributed by atoms with E-state index >= 15 is 0 Å². The molecule has 0 saturated carbocycles. The van der Waals surface area contributed by atoms with Crippen molar-refractivity contribution in [2.75, 3.05) is 19.5 Å². The SMILES string of the molecule is COc1cc(OC)cc(C(=O)Nc2nc(CC(=O)NCc3ccncc3)cs2)c1. The Balaban J connectivity index is 1.57. The van der Waals surface area contributed by atoms with E-state index in [9.17, 15) is 9.59 Å². The van der Waals surface area contributed by atoms with Gasteiger partial charge in [-0.25, -0.2) is 4.98 Å². The lowest BCUT2D eigenvalue weighted by Gasteiger charge is -2.08. The number of nitrogens with zero attached hydrogens (tertiary/aromatic N) is 2. The average Bonchev–Trinajstić information content (AvgIpc) is 3.19. The van der Waals surface area contributed by atoms with Crippen molar-refractivity contribution in [3.8, 4) is 11.5 Å². The second kappa shape index (κ2) is 9.65. The zero-order valence-corrected chi connectivity index (χ0v) is 16.8. The molecule has 2 heterocycles. The number of aromatic nitrogens is 2. The van der Waals surface area contributed by atoms with E-state index in [1.807, 2.05) is 12.1 Å². The van der Waals surface area contributed by atoms with Gasteiger partial charge in [0.1, 0.15) is 11.5 Å². The number of pyridine rings is 1. The summed E-state index contributed by atoms with van der Waals surface area (Å²) in [6.07, 6.45) is 3.48. The number of benzene rings is 1. The maximum absolute atomic E-state index is 12.5. The number of hydrogen-bond acceptors (Lipinski definition) is 7. The molecule has 3 rings (SSSR count). The van der Waals surface area contributed by atoms with Crippen LogP contribution in [0.1, 0.15) is 21.6 Å². The van der Waals surface area contributed by atoms with Crippen molar-refractivity contribution < 1.29 is 19.1 Å². The van der Waals surface area contributed by atoms with Crippen molar-refractivity contribution in [3.05, 3.63) is 64.9 Å². The van der Waals surface area contributed by atoms with Crippen LogP contribution in [0.15, 0.2) is 48.1 Å². The van der Waals surface area contributed by atoms with Gasteiger partial charge in [0.05, 0.1) is 26.3 Å². The van der Waals surface area contributed by atoms with Gasteiger partial charge < -0.3 is 14.8 Å². The summed E-state index contributed by atoms with van der Waals surface area (Å²) in [6, 6.07) is 8.58. The van der Waals surface area contributed by atoms with Crippen LogP contribution < -0.4 is 20.1 Å². The molecule has 3 aromatic rings. The Hall–Kier alpha value is -3.46. The Morgan fingerprint density at radius 2 is 1.76 bits per heavy atom. The smallest absolute Gasteiger partial charge is 0.257 e. The van der Waals surface area contributed by atoms with Crippen LogP contribution in [0.3, 0.4) is 0 Å². The number of carbonyl (C=O) groups excluding carboxylic acids is 2. The number of carbonyl (C=O) groups is 2. The van der Waals surface area contributed by atoms with Gasteiger partial charge in [-0.05, 0) is 29.8 Å². The van der Waals surface area contributed by atoms with Gasteiger partial charge in [-0.1, -0.05) is 0 Å². The Morgan fingerprint density at radius 3 is 2.41 bits per heavy atom. The van der Waals surface area contributed by atoms with Crippen LogP contribution in [0.2, 0.25) is 0 Å². The summed E-state index contributed by atoms with van der Waals surface area (Å²) in [5, 5.41) is 7.72. The molecule has 9 heteroatoms. The quantitative estimate of drug-likeness (QED) is 0.590. The fraction of sp³-hybridized carbons (Fsp3) is 0.200. The molecule has 0 bridgehead atoms. The monoisotopic (exact) mass is 412 g/mol. The van der Waals surface area contributed by atoms with E-state index in [2.05, 4.69) is 20.6 Å². The lowest BCUT2D eigenvalue weighted by Crippen LogP contribution is -2.24. The summed E-state index contributed by atoms with van der Waals surface area (Å²) in [5.41, 5.74) is 1.93. The molecule has 2 aromatic heterocycles. The van der Waals surface area contributed by atoms with Crippen LogP contribution in [0.4, 0.5) is 5.13 Å². The molecule has 0 fully saturated rings. The highest BCUT2D eigenvalue weighted by atomic mass is 32.1. The maximum atomic E-state index is 12.5. The van der Waals surface area contributed by atoms with E-state index in [-0.39, 0.29) is 18.2 Å². The van der Waals surface area contributed by atoms with Gasteiger partial charge in [-0.15, -0.1) is 11.3 Å². The van der Waals surface area contributed by atoms with E-state index in [0.717, 1.165) is 5.56 Å². The molecule has 0 saturated heterocycles. The Morgan fingerprint density at radius 1 is 1.07 bits per heavy atom. The lowest BCUT2D eigenvalue weighted by atomic mass is 10.2. The number of anilines is 1. The predicted molar refractivity (Wildman–Crippen MR) is 109 cm³/mol. The van der Waals surface area contributed by atoms with E-state index in [0.29, 0.717) is 34.4 Å². The Bertz CT molecular complexity index is 969. The van der Waals surface area contributed by atoms with Crippen molar-refractivity contribution >= 4 is 28.3 Å². The standard InChI is InChI=1S/C20H20N4O4S/c1-27-16-7-14(8-17(10-16)28-2)19(26)24-20-23-15(12-29-20)9-18(25)22-11-13-3-5-21-6-4-13/h3-8,10,12H,9,11H2,1-2H3,(H,22,25)(H,23,24,26). The Kier molecular flexibility index (Phi) is 6.75. The van der Waals surface area contributed by atoms with Crippen molar-refractivity contribution in [2.45, 2.75) is 13.0 Å². The first-order valence-corrected chi connectivity index (χ1v) is 9.60. The molecule has 8 nitrogen and oxygen atoms in total. The summed E-state index contributed by atoms with van der Waals surface area (Å²) >= 11 is 1.26. The van der Waals surface area contributed by atoms with E-state index in [1.54, 1.807) is 36.0 Å². The first-order chi connectivity index (χ1) is 14.1. The van der Waals surface area contributed by atoms with Crippen LogP contribution in [0, 0.1) is 0 Å². The molecule has 0 radical (unpaired) electrons. The molecule has 0 atom stereocenters. The minimum absolute atomic E-state index is 0.129. The lowest BCUT2D eigenvalue weighted by molar-refractivity contribution is -0.120. The van der Waals surface area contributed by atoms with E-state index < -0.39 is 0 Å². The third-order valence-electron chi connectivity index (χ3n) is 3.97. The third-order valence-corrected chi connectivity index (χ3v) is 4.77. The van der Waals surface area contributed by atoms with Crippen LogP contribution in [0.25, 0.3) is 0 Å². The summed E-state index contributed by atoms with van der Waals surface area (Å²) in [5.74, 6) is 0.535. The minimum Gasteiger partial charge on any atom is -0.497 e. The third kappa shape index (κ3) is 5.76. The molecule has 150 valence electrons. The molecule has 1 aromatic carbocycles. The number of rotatable bonds is 8. The van der Waals surface area contributed by atoms with Crippen LogP contribution >= 0.6 is 11.3 Å². The molecule has 0 unspecified atom stereocenters. The zero-order chi connectivity index (χ0) is 20.6. The topological polar surface area (TPSA) is 102 Å². The fourth-order valence-electron chi connectivity index (χ4n) is 2.48. The largest absolute Gasteiger partial charge is 0.497 e. The normalized spacial score (nSPS) is 10.3. The molecule has 0 aliphatic heterocycles. The fourth-order valence-corrected chi connectivity index (χ4v) is 3.19. The zero-order valence-electron chi connectivity index (χ0n) is 16.0. The highest BCUT2D eigenvalue weighted by Gasteiger charge is 2.13. The molecule has 2 amide bonds. The maximum Gasteiger partial charge on any atom is 0.257 e. The molecule has 2 N–H and O–H groups in total. The number of thiazole rings is 1. The van der Waals surface area contributed by atoms with Gasteiger partial charge in [0.2, 0.25) is 5.91 Å². The van der Waals surface area contributed by atoms with Gasteiger partial charge in [0.25, 0.3) is 5.91 Å². The van der Waals surface area contributed by atoms with Crippen molar-refractivity contribution in [1.82, 2.24) is 15.3 Å². The highest BCUT2D eigenvalue weighted by molar-refractivity contribution is 7.14. The van der Waals surface area contributed by atoms with Crippen LogP contribution in [-0.4, -0.2) is 36.0 Å². The van der Waals surface area contributed by atoms with Crippen LogP contribution in [-0.2, 0) is 17.8 Å². The first-order valence-electron chi connectivity index (χ1n) is 8.72. The summed E-state index contributed by atoms with van der Waals surface area (Å²) in [4.78, 5) is 32.9. The predicted octanol–water partition coefficient (Wildman–Crippen LogP) is 2.67. The van der Waals surface area contributed by atoms with Crippen LogP contribution in [0.5, 0.6) is 11.5 Å². The van der Waals surface area contributed by atoms with Gasteiger partial charge >= 0.3 is 0 Å². The highest BCUT2D eigenvalue weighted by Crippen LogP contribution is 2.24. The Labute approximate surface area is 171 Å². The summed E-state index contributed by atoms with van der Waals surface area (Å²) in [6.45, 7) is 0.423. The molecule has 0 aliphatic rings. The average molecular weight is 412 g/mol. The van der Waals surface area contributed by atoms with Gasteiger partial charge in [-0.2, -0.15) is 0 Å². The van der Waals surface area contributed by atoms with Crippen molar-refractivity contribution in [3.63, 3.8) is 0 Å². The van der Waals surface area contributed by atoms with Gasteiger partial charge in [0.15, 0.2) is 5.13 Å². The number of nitrogens with one attached hydrogen (secondary N) is 2. The number of methoxy groups -OCH3 is 2.